The second kappa shape index (κ2) is 8.25. The van der Waals surface area contributed by atoms with Crippen molar-refractivity contribution in [2.45, 2.75) is 44.4 Å². The van der Waals surface area contributed by atoms with Gasteiger partial charge in [0.05, 0.1) is 7.11 Å². The fraction of sp³-hybridized carbons (Fsp3) is 0.440. The highest BCUT2D eigenvalue weighted by molar-refractivity contribution is 5.66. The molecule has 2 saturated carbocycles. The summed E-state index contributed by atoms with van der Waals surface area (Å²) in [6.07, 6.45) is 8.78. The van der Waals surface area contributed by atoms with Gasteiger partial charge >= 0.3 is 0 Å². The molecular weight excluding hydrogens is 373 g/mol. The molecule has 0 radical (unpaired) electrons. The Hall–Kier alpha value is -2.23. The lowest BCUT2D eigenvalue weighted by molar-refractivity contribution is 0.132. The van der Waals surface area contributed by atoms with Crippen molar-refractivity contribution in [3.8, 4) is 16.9 Å². The first kappa shape index (κ1) is 20.1. The van der Waals surface area contributed by atoms with E-state index in [1.165, 1.54) is 44.6 Å². The Balaban J connectivity index is 1.54. The largest absolute Gasteiger partial charge is 0.494 e. The summed E-state index contributed by atoms with van der Waals surface area (Å²) in [5, 5.41) is 0. The number of rotatable bonds is 4. The van der Waals surface area contributed by atoms with Crippen LogP contribution < -0.4 is 4.74 Å². The zero-order chi connectivity index (χ0) is 20.5. The van der Waals surface area contributed by atoms with Crippen molar-refractivity contribution in [2.75, 3.05) is 7.11 Å². The van der Waals surface area contributed by atoms with Crippen LogP contribution >= 0.6 is 0 Å². The average Bonchev–Trinajstić information content (AvgIpc) is 2.74. The Kier molecular flexibility index (Phi) is 5.71. The summed E-state index contributed by atoms with van der Waals surface area (Å²) in [6.45, 7) is 3.94. The van der Waals surface area contributed by atoms with E-state index in [1.54, 1.807) is 12.1 Å². The molecule has 1 nitrogen and oxygen atoms in total. The molecular formula is C25H27F3O. The van der Waals surface area contributed by atoms with Gasteiger partial charge in [-0.1, -0.05) is 18.2 Å². The number of benzene rings is 2. The van der Waals surface area contributed by atoms with E-state index < -0.39 is 11.6 Å². The molecule has 0 N–H and O–H groups in total. The lowest BCUT2D eigenvalue weighted by Crippen LogP contribution is -2.30. The van der Waals surface area contributed by atoms with Crippen LogP contribution in [0.4, 0.5) is 13.2 Å². The number of halogens is 3. The van der Waals surface area contributed by atoms with E-state index in [2.05, 4.69) is 12.7 Å². The van der Waals surface area contributed by atoms with Crippen molar-refractivity contribution in [3.05, 3.63) is 66.0 Å². The molecule has 2 aromatic rings. The maximum Gasteiger partial charge on any atom is 0.201 e. The normalized spacial score (nSPS) is 26.6. The van der Waals surface area contributed by atoms with Gasteiger partial charge in [-0.2, -0.15) is 4.39 Å². The zero-order valence-corrected chi connectivity index (χ0v) is 16.8. The molecule has 0 amide bonds. The SMILES string of the molecule is C=CC1CCC2CC(c3ccc(-c4ccc(OC)c(F)c4F)cc3F)CCC2C1. The number of ether oxygens (including phenoxy) is 1. The second-order valence-corrected chi connectivity index (χ2v) is 8.52. The Labute approximate surface area is 170 Å². The number of allylic oxidation sites excluding steroid dienone is 1. The molecule has 2 aliphatic carbocycles. The Morgan fingerprint density at radius 2 is 1.69 bits per heavy atom. The molecule has 29 heavy (non-hydrogen) atoms. The third kappa shape index (κ3) is 3.82. The summed E-state index contributed by atoms with van der Waals surface area (Å²) < 4.78 is 48.2. The quantitative estimate of drug-likeness (QED) is 0.491. The van der Waals surface area contributed by atoms with Gasteiger partial charge in [0.25, 0.3) is 0 Å². The highest BCUT2D eigenvalue weighted by atomic mass is 19.2. The maximum atomic E-state index is 15.0. The summed E-state index contributed by atoms with van der Waals surface area (Å²) in [6, 6.07) is 7.58. The second-order valence-electron chi connectivity index (χ2n) is 8.52. The molecule has 0 bridgehead atoms. The van der Waals surface area contributed by atoms with Crippen LogP contribution in [0.3, 0.4) is 0 Å². The van der Waals surface area contributed by atoms with Crippen LogP contribution in [0.5, 0.6) is 5.75 Å². The van der Waals surface area contributed by atoms with Gasteiger partial charge in [-0.15, -0.1) is 6.58 Å². The van der Waals surface area contributed by atoms with Crippen LogP contribution in [0.1, 0.15) is 50.0 Å². The minimum absolute atomic E-state index is 0.0419. The number of methoxy groups -OCH3 is 1. The van der Waals surface area contributed by atoms with Gasteiger partial charge in [0, 0.05) is 5.56 Å². The van der Waals surface area contributed by atoms with Gasteiger partial charge in [0.2, 0.25) is 5.82 Å². The summed E-state index contributed by atoms with van der Waals surface area (Å²) in [7, 11) is 1.28. The van der Waals surface area contributed by atoms with Crippen molar-refractivity contribution in [1.82, 2.24) is 0 Å². The van der Waals surface area contributed by atoms with E-state index in [0.29, 0.717) is 23.0 Å². The molecule has 2 aromatic carbocycles. The van der Waals surface area contributed by atoms with Crippen LogP contribution in [-0.2, 0) is 0 Å². The van der Waals surface area contributed by atoms with E-state index in [9.17, 15) is 13.2 Å². The first-order valence-electron chi connectivity index (χ1n) is 10.5. The predicted molar refractivity (Wildman–Crippen MR) is 109 cm³/mol. The lowest BCUT2D eigenvalue weighted by Gasteiger charge is -2.41. The van der Waals surface area contributed by atoms with Crippen molar-refractivity contribution >= 4 is 0 Å². The van der Waals surface area contributed by atoms with Gasteiger partial charge in [0.1, 0.15) is 5.82 Å². The molecule has 0 aliphatic heterocycles. The van der Waals surface area contributed by atoms with Crippen LogP contribution in [0.25, 0.3) is 11.1 Å². The van der Waals surface area contributed by atoms with Crippen molar-refractivity contribution < 1.29 is 17.9 Å². The molecule has 2 aliphatic rings. The topological polar surface area (TPSA) is 9.23 Å². The molecule has 4 unspecified atom stereocenters. The Morgan fingerprint density at radius 3 is 2.41 bits per heavy atom. The predicted octanol–water partition coefficient (Wildman–Crippen LogP) is 7.27. The fourth-order valence-corrected chi connectivity index (χ4v) is 5.36. The Bertz CT molecular complexity index is 907. The van der Waals surface area contributed by atoms with Crippen LogP contribution in [0.2, 0.25) is 0 Å². The van der Waals surface area contributed by atoms with E-state index in [0.717, 1.165) is 25.2 Å². The third-order valence-electron chi connectivity index (χ3n) is 7.01. The summed E-state index contributed by atoms with van der Waals surface area (Å²) in [5.74, 6) is -0.364. The van der Waals surface area contributed by atoms with Gasteiger partial charge < -0.3 is 4.74 Å². The lowest BCUT2D eigenvalue weighted by atomic mass is 9.64. The summed E-state index contributed by atoms with van der Waals surface area (Å²) in [5.41, 5.74) is 1.08. The Morgan fingerprint density at radius 1 is 0.931 bits per heavy atom. The number of fused-ring (bicyclic) bond motifs is 1. The molecule has 0 heterocycles. The molecule has 4 heteroatoms. The monoisotopic (exact) mass is 400 g/mol. The van der Waals surface area contributed by atoms with Crippen LogP contribution in [0, 0.1) is 35.2 Å². The molecule has 0 spiro atoms. The van der Waals surface area contributed by atoms with E-state index in [-0.39, 0.29) is 23.0 Å². The van der Waals surface area contributed by atoms with Crippen molar-refractivity contribution in [2.24, 2.45) is 17.8 Å². The molecule has 4 atom stereocenters. The van der Waals surface area contributed by atoms with Crippen LogP contribution in [-0.4, -0.2) is 7.11 Å². The first-order chi connectivity index (χ1) is 14.0. The summed E-state index contributed by atoms with van der Waals surface area (Å²) in [4.78, 5) is 0. The van der Waals surface area contributed by atoms with Gasteiger partial charge in [-0.25, -0.2) is 8.78 Å². The fourth-order valence-electron chi connectivity index (χ4n) is 5.36. The van der Waals surface area contributed by atoms with Crippen LogP contribution in [0.15, 0.2) is 43.0 Å². The average molecular weight is 400 g/mol. The number of hydrogen-bond donors (Lipinski definition) is 0. The maximum absolute atomic E-state index is 15.0. The molecule has 154 valence electrons. The molecule has 0 aromatic heterocycles. The van der Waals surface area contributed by atoms with Gasteiger partial charge in [-0.05, 0) is 91.5 Å². The highest BCUT2D eigenvalue weighted by Gasteiger charge is 2.36. The van der Waals surface area contributed by atoms with E-state index in [1.807, 2.05) is 0 Å². The molecule has 2 fully saturated rings. The van der Waals surface area contributed by atoms with Crippen molar-refractivity contribution in [1.29, 1.82) is 0 Å². The van der Waals surface area contributed by atoms with Crippen molar-refractivity contribution in [3.63, 3.8) is 0 Å². The number of hydrogen-bond acceptors (Lipinski definition) is 1. The van der Waals surface area contributed by atoms with E-state index in [4.69, 9.17) is 4.74 Å². The highest BCUT2D eigenvalue weighted by Crippen LogP contribution is 2.48. The molecule has 0 saturated heterocycles. The zero-order valence-electron chi connectivity index (χ0n) is 16.8. The van der Waals surface area contributed by atoms with E-state index >= 15 is 0 Å². The summed E-state index contributed by atoms with van der Waals surface area (Å²) >= 11 is 0. The standard InChI is InChI=1S/C25H27F3O/c1-3-15-4-5-17-13-18(7-6-16(17)12-15)20-9-8-19(14-22(20)26)21-10-11-23(29-2)25(28)24(21)27/h3,8-11,14-18H,1,4-7,12-13H2,2H3. The smallest absolute Gasteiger partial charge is 0.201 e. The molecule has 4 rings (SSSR count). The first-order valence-corrected chi connectivity index (χ1v) is 10.5. The third-order valence-corrected chi connectivity index (χ3v) is 7.01. The minimum atomic E-state index is -1.05. The minimum Gasteiger partial charge on any atom is -0.494 e. The van der Waals surface area contributed by atoms with Gasteiger partial charge in [0.15, 0.2) is 11.6 Å². The van der Waals surface area contributed by atoms with Gasteiger partial charge in [-0.3, -0.25) is 0 Å².